The van der Waals surface area contributed by atoms with Crippen molar-refractivity contribution in [3.8, 4) is 5.69 Å². The van der Waals surface area contributed by atoms with E-state index in [-0.39, 0.29) is 37.8 Å². The van der Waals surface area contributed by atoms with Crippen molar-refractivity contribution in [2.75, 3.05) is 38.1 Å². The molecule has 1 atom stereocenters. The zero-order valence-corrected chi connectivity index (χ0v) is 23.7. The highest BCUT2D eigenvalue weighted by Gasteiger charge is 2.40. The standard InChI is InChI=1S/C28H36N6O7/c1-27(2,3)41-26(40)31-28(4,17-35)23(37)32-11-13-33(14-12-32)24(38)29-22-9-10-34(25(39)30-22)20-7-5-19-16-21(36)8-6-18(19)15-20/h5,7,9-10,15,35H,6,8,11-14,16-17H2,1-4H3,(H,31,40)(H,29,30,38,39)/t28-/m0/s1. The van der Waals surface area contributed by atoms with Crippen molar-refractivity contribution in [1.82, 2.24) is 24.7 Å². The topological polar surface area (TPSA) is 163 Å². The molecule has 1 aliphatic heterocycles. The molecule has 1 aliphatic carbocycles. The van der Waals surface area contributed by atoms with Gasteiger partial charge in [0.1, 0.15) is 22.7 Å². The Balaban J connectivity index is 1.34. The first-order valence-electron chi connectivity index (χ1n) is 13.5. The van der Waals surface area contributed by atoms with Crippen molar-refractivity contribution in [1.29, 1.82) is 0 Å². The van der Waals surface area contributed by atoms with Crippen LogP contribution in [0.1, 0.15) is 45.2 Å². The highest BCUT2D eigenvalue weighted by Crippen LogP contribution is 2.22. The van der Waals surface area contributed by atoms with E-state index in [2.05, 4.69) is 15.6 Å². The number of fused-ring (bicyclic) bond motifs is 1. The summed E-state index contributed by atoms with van der Waals surface area (Å²) in [6.07, 6.45) is 2.24. The molecule has 1 aromatic heterocycles. The molecule has 13 heteroatoms. The number of carbonyl (C=O) groups excluding carboxylic acids is 4. The van der Waals surface area contributed by atoms with E-state index in [1.165, 1.54) is 33.6 Å². The van der Waals surface area contributed by atoms with Crippen LogP contribution in [0, 0.1) is 0 Å². The summed E-state index contributed by atoms with van der Waals surface area (Å²) < 4.78 is 6.59. The molecule has 1 saturated heterocycles. The van der Waals surface area contributed by atoms with E-state index in [0.717, 1.165) is 11.1 Å². The fourth-order valence-corrected chi connectivity index (χ4v) is 4.75. The molecule has 4 amide bonds. The Hall–Kier alpha value is -4.26. The number of aromatic nitrogens is 2. The maximum Gasteiger partial charge on any atom is 0.408 e. The minimum absolute atomic E-state index is 0.0905. The van der Waals surface area contributed by atoms with E-state index in [9.17, 15) is 29.1 Å². The molecule has 2 heterocycles. The van der Waals surface area contributed by atoms with Gasteiger partial charge in [0, 0.05) is 45.2 Å². The number of urea groups is 1. The second kappa shape index (κ2) is 11.7. The number of carbonyl (C=O) groups is 4. The van der Waals surface area contributed by atoms with Gasteiger partial charge in [0.25, 0.3) is 5.91 Å². The maximum absolute atomic E-state index is 13.1. The number of alkyl carbamates (subject to hydrolysis) is 1. The molecule has 0 bridgehead atoms. The van der Waals surface area contributed by atoms with Gasteiger partial charge in [0.2, 0.25) is 0 Å². The number of amides is 4. The average Bonchev–Trinajstić information content (AvgIpc) is 2.91. The molecule has 4 rings (SSSR count). The summed E-state index contributed by atoms with van der Waals surface area (Å²) in [6, 6.07) is 6.55. The van der Waals surface area contributed by atoms with Gasteiger partial charge < -0.3 is 25.0 Å². The van der Waals surface area contributed by atoms with Crippen molar-refractivity contribution in [3.05, 3.63) is 52.1 Å². The second-order valence-electron chi connectivity index (χ2n) is 11.5. The molecular weight excluding hydrogens is 532 g/mol. The van der Waals surface area contributed by atoms with E-state index in [0.29, 0.717) is 24.9 Å². The minimum atomic E-state index is -1.59. The zero-order valence-electron chi connectivity index (χ0n) is 23.7. The lowest BCUT2D eigenvalue weighted by molar-refractivity contribution is -0.140. The third kappa shape index (κ3) is 7.09. The Kier molecular flexibility index (Phi) is 8.47. The molecule has 1 fully saturated rings. The van der Waals surface area contributed by atoms with Gasteiger partial charge in [-0.2, -0.15) is 4.98 Å². The number of nitrogens with one attached hydrogen (secondary N) is 2. The number of ether oxygens (including phenoxy) is 1. The number of aliphatic hydroxyl groups is 1. The fourth-order valence-electron chi connectivity index (χ4n) is 4.75. The van der Waals surface area contributed by atoms with Crippen molar-refractivity contribution < 1.29 is 29.0 Å². The minimum Gasteiger partial charge on any atom is -0.444 e. The number of rotatable bonds is 5. The maximum atomic E-state index is 13.1. The number of ketones is 1. The summed E-state index contributed by atoms with van der Waals surface area (Å²) in [5.74, 6) is -0.200. The molecule has 2 aliphatic rings. The van der Waals surface area contributed by atoms with Crippen LogP contribution in [-0.2, 0) is 27.2 Å². The number of aryl methyl sites for hydroxylation is 1. The quantitative estimate of drug-likeness (QED) is 0.485. The highest BCUT2D eigenvalue weighted by atomic mass is 16.6. The number of piperazine rings is 1. The Labute approximate surface area is 237 Å². The van der Waals surface area contributed by atoms with Crippen LogP contribution in [0.4, 0.5) is 15.4 Å². The first kappa shape index (κ1) is 29.7. The number of Topliss-reactive ketones (excluding diaryl/α,β-unsaturated/α-hetero) is 1. The van der Waals surface area contributed by atoms with Crippen LogP contribution >= 0.6 is 0 Å². The normalized spacial score (nSPS) is 16.9. The lowest BCUT2D eigenvalue weighted by atomic mass is 9.90. The molecule has 0 spiro atoms. The molecule has 1 aromatic carbocycles. The van der Waals surface area contributed by atoms with Gasteiger partial charge >= 0.3 is 17.8 Å². The average molecular weight is 569 g/mol. The molecule has 41 heavy (non-hydrogen) atoms. The zero-order chi connectivity index (χ0) is 29.9. The molecule has 2 aromatic rings. The molecule has 220 valence electrons. The van der Waals surface area contributed by atoms with Gasteiger partial charge in [-0.25, -0.2) is 14.4 Å². The Bertz CT molecular complexity index is 1410. The largest absolute Gasteiger partial charge is 0.444 e. The Morgan fingerprint density at radius 3 is 2.29 bits per heavy atom. The number of benzene rings is 1. The van der Waals surface area contributed by atoms with Crippen molar-refractivity contribution in [3.63, 3.8) is 0 Å². The molecular formula is C28H36N6O7. The van der Waals surface area contributed by atoms with Crippen molar-refractivity contribution in [2.45, 2.75) is 58.1 Å². The summed E-state index contributed by atoms with van der Waals surface area (Å²) in [5.41, 5.74) is -0.291. The molecule has 13 nitrogen and oxygen atoms in total. The van der Waals surface area contributed by atoms with E-state index in [1.807, 2.05) is 12.1 Å². The van der Waals surface area contributed by atoms with Crippen molar-refractivity contribution in [2.24, 2.45) is 0 Å². The van der Waals surface area contributed by atoms with Crippen LogP contribution < -0.4 is 16.3 Å². The number of nitrogens with zero attached hydrogens (tertiary/aromatic N) is 4. The fraction of sp³-hybridized carbons (Fsp3) is 0.500. The molecule has 3 N–H and O–H groups in total. The van der Waals surface area contributed by atoms with Crippen LogP contribution in [0.25, 0.3) is 5.69 Å². The predicted molar refractivity (Wildman–Crippen MR) is 149 cm³/mol. The van der Waals surface area contributed by atoms with Crippen molar-refractivity contribution >= 4 is 29.6 Å². The number of aliphatic hydroxyl groups excluding tert-OH is 1. The Morgan fingerprint density at radius 1 is 0.976 bits per heavy atom. The SMILES string of the molecule is CC(C)(C)OC(=O)N[C@@](C)(CO)C(=O)N1CCN(C(=O)Nc2ccn(-c3ccc4c(c3)CCC(=O)C4)c(=O)n2)CC1. The van der Waals surface area contributed by atoms with Gasteiger partial charge in [-0.15, -0.1) is 0 Å². The molecule has 0 saturated carbocycles. The van der Waals surface area contributed by atoms with Gasteiger partial charge in [0.15, 0.2) is 0 Å². The first-order valence-corrected chi connectivity index (χ1v) is 13.5. The van der Waals surface area contributed by atoms with E-state index >= 15 is 0 Å². The lowest BCUT2D eigenvalue weighted by Gasteiger charge is -2.39. The molecule has 0 unspecified atom stereocenters. The van der Waals surface area contributed by atoms with E-state index in [1.54, 1.807) is 26.8 Å². The number of anilines is 1. The number of hydrogen-bond donors (Lipinski definition) is 3. The van der Waals surface area contributed by atoms with Gasteiger partial charge in [-0.05, 0) is 63.4 Å². The summed E-state index contributed by atoms with van der Waals surface area (Å²) in [5, 5.41) is 15.0. The van der Waals surface area contributed by atoms with Gasteiger partial charge in [-0.1, -0.05) is 6.07 Å². The lowest BCUT2D eigenvalue weighted by Crippen LogP contribution is -2.63. The summed E-state index contributed by atoms with van der Waals surface area (Å²) in [7, 11) is 0. The van der Waals surface area contributed by atoms with Crippen LogP contribution in [-0.4, -0.2) is 92.2 Å². The van der Waals surface area contributed by atoms with Gasteiger partial charge in [0.05, 0.1) is 12.3 Å². The molecule has 0 radical (unpaired) electrons. The van der Waals surface area contributed by atoms with Crippen LogP contribution in [0.2, 0.25) is 0 Å². The first-order chi connectivity index (χ1) is 19.3. The predicted octanol–water partition coefficient (Wildman–Crippen LogP) is 1.24. The summed E-state index contributed by atoms with van der Waals surface area (Å²) >= 11 is 0. The number of hydrogen-bond acceptors (Lipinski definition) is 8. The smallest absolute Gasteiger partial charge is 0.408 e. The Morgan fingerprint density at radius 2 is 1.66 bits per heavy atom. The van der Waals surface area contributed by atoms with Crippen LogP contribution in [0.15, 0.2) is 35.3 Å². The van der Waals surface area contributed by atoms with E-state index < -0.39 is 41.5 Å². The van der Waals surface area contributed by atoms with Crippen LogP contribution in [0.3, 0.4) is 0 Å². The van der Waals surface area contributed by atoms with E-state index in [4.69, 9.17) is 4.74 Å². The summed E-state index contributed by atoms with van der Waals surface area (Å²) in [6.45, 7) is 6.60. The monoisotopic (exact) mass is 568 g/mol. The second-order valence-corrected chi connectivity index (χ2v) is 11.5. The highest BCUT2D eigenvalue weighted by molar-refractivity contribution is 5.91. The van der Waals surface area contributed by atoms with Gasteiger partial charge in [-0.3, -0.25) is 19.5 Å². The third-order valence-electron chi connectivity index (χ3n) is 6.99. The summed E-state index contributed by atoms with van der Waals surface area (Å²) in [4.78, 5) is 69.6. The van der Waals surface area contributed by atoms with Crippen LogP contribution in [0.5, 0.6) is 0 Å². The third-order valence-corrected chi connectivity index (χ3v) is 6.99.